The summed E-state index contributed by atoms with van der Waals surface area (Å²) in [5.74, 6) is -1.53. The number of hydrogen-bond acceptors (Lipinski definition) is 4. The molecule has 0 saturated carbocycles. The van der Waals surface area contributed by atoms with E-state index in [2.05, 4.69) is 16.9 Å². The molecule has 0 bridgehead atoms. The molecule has 0 atom stereocenters. The SMILES string of the molecule is C=CCNC(=O)c1ccccc1-c1ccccc1C(=O)N(CCC(=O)O)CCc1cccnc1. The Morgan fingerprint density at radius 3 is 2.26 bits per heavy atom. The molecule has 2 N–H and O–H groups in total. The largest absolute Gasteiger partial charge is 0.481 e. The lowest BCUT2D eigenvalue weighted by Crippen LogP contribution is -2.35. The molecule has 3 aromatic rings. The van der Waals surface area contributed by atoms with E-state index in [1.165, 1.54) is 0 Å². The van der Waals surface area contributed by atoms with Crippen molar-refractivity contribution in [3.05, 3.63) is 102 Å². The van der Waals surface area contributed by atoms with E-state index in [9.17, 15) is 19.5 Å². The molecule has 7 heteroatoms. The summed E-state index contributed by atoms with van der Waals surface area (Å²) in [6.45, 7) is 4.36. The monoisotopic (exact) mass is 457 g/mol. The number of amides is 2. The number of carboxylic acid groups (broad SMARTS) is 1. The number of aromatic nitrogens is 1. The number of carboxylic acids is 1. The number of rotatable bonds is 11. The standard InChI is InChI=1S/C27H27N3O4/c1-2-15-29-26(33)23-11-5-3-9-21(23)22-10-4-6-12-24(22)27(34)30(18-14-25(31)32)17-13-20-8-7-16-28-19-20/h2-12,16,19H,1,13-15,17-18H2,(H,29,33)(H,31,32). The number of pyridine rings is 1. The van der Waals surface area contributed by atoms with Crippen LogP contribution in [-0.4, -0.2) is 52.4 Å². The fraction of sp³-hybridized carbons (Fsp3) is 0.185. The van der Waals surface area contributed by atoms with Crippen molar-refractivity contribution >= 4 is 17.8 Å². The van der Waals surface area contributed by atoms with Gasteiger partial charge in [-0.05, 0) is 41.3 Å². The summed E-state index contributed by atoms with van der Waals surface area (Å²) in [6, 6.07) is 17.9. The van der Waals surface area contributed by atoms with Crippen LogP contribution in [0.15, 0.2) is 85.7 Å². The third-order valence-electron chi connectivity index (χ3n) is 5.30. The van der Waals surface area contributed by atoms with Gasteiger partial charge in [-0.15, -0.1) is 6.58 Å². The van der Waals surface area contributed by atoms with E-state index < -0.39 is 5.97 Å². The maximum Gasteiger partial charge on any atom is 0.305 e. The molecule has 0 radical (unpaired) electrons. The van der Waals surface area contributed by atoms with Crippen LogP contribution < -0.4 is 5.32 Å². The Morgan fingerprint density at radius 2 is 1.62 bits per heavy atom. The Labute approximate surface area is 198 Å². The molecule has 174 valence electrons. The zero-order valence-electron chi connectivity index (χ0n) is 18.8. The Balaban J connectivity index is 1.94. The minimum absolute atomic E-state index is 0.0736. The van der Waals surface area contributed by atoms with E-state index in [0.717, 1.165) is 5.56 Å². The zero-order chi connectivity index (χ0) is 24.3. The summed E-state index contributed by atoms with van der Waals surface area (Å²) in [4.78, 5) is 43.2. The normalized spacial score (nSPS) is 10.4. The Kier molecular flexibility index (Phi) is 8.68. The van der Waals surface area contributed by atoms with Crippen LogP contribution in [0, 0.1) is 0 Å². The smallest absolute Gasteiger partial charge is 0.305 e. The third kappa shape index (κ3) is 6.38. The van der Waals surface area contributed by atoms with Gasteiger partial charge in [0, 0.05) is 43.2 Å². The quantitative estimate of drug-likeness (QED) is 0.427. The Hall–Kier alpha value is -4.26. The maximum atomic E-state index is 13.6. The average molecular weight is 458 g/mol. The predicted molar refractivity (Wildman–Crippen MR) is 131 cm³/mol. The lowest BCUT2D eigenvalue weighted by Gasteiger charge is -2.24. The topological polar surface area (TPSA) is 99.6 Å². The third-order valence-corrected chi connectivity index (χ3v) is 5.30. The molecule has 7 nitrogen and oxygen atoms in total. The van der Waals surface area contributed by atoms with Crippen LogP contribution in [0.2, 0.25) is 0 Å². The summed E-state index contributed by atoms with van der Waals surface area (Å²) < 4.78 is 0. The zero-order valence-corrected chi connectivity index (χ0v) is 18.8. The number of benzene rings is 2. The summed E-state index contributed by atoms with van der Waals surface area (Å²) in [5.41, 5.74) is 3.03. The first-order chi connectivity index (χ1) is 16.5. The molecular weight excluding hydrogens is 430 g/mol. The number of carbonyl (C=O) groups is 3. The van der Waals surface area contributed by atoms with Crippen LogP contribution >= 0.6 is 0 Å². The summed E-state index contributed by atoms with van der Waals surface area (Å²) in [5, 5.41) is 12.0. The summed E-state index contributed by atoms with van der Waals surface area (Å²) in [6.07, 6.45) is 5.38. The fourth-order valence-corrected chi connectivity index (χ4v) is 3.61. The van der Waals surface area contributed by atoms with Crippen LogP contribution in [0.4, 0.5) is 0 Å². The first kappa shape index (κ1) is 24.4. The van der Waals surface area contributed by atoms with Crippen molar-refractivity contribution in [1.82, 2.24) is 15.2 Å². The van der Waals surface area contributed by atoms with Gasteiger partial charge in [0.2, 0.25) is 0 Å². The molecular formula is C27H27N3O4. The first-order valence-corrected chi connectivity index (χ1v) is 11.0. The first-order valence-electron chi connectivity index (χ1n) is 11.0. The van der Waals surface area contributed by atoms with Crippen molar-refractivity contribution in [2.45, 2.75) is 12.8 Å². The lowest BCUT2D eigenvalue weighted by molar-refractivity contribution is -0.137. The van der Waals surface area contributed by atoms with Gasteiger partial charge < -0.3 is 15.3 Å². The molecule has 0 aliphatic heterocycles. The molecule has 2 amide bonds. The molecule has 3 rings (SSSR count). The van der Waals surface area contributed by atoms with Gasteiger partial charge in [-0.25, -0.2) is 0 Å². The van der Waals surface area contributed by atoms with E-state index in [0.29, 0.717) is 41.8 Å². The number of aliphatic carboxylic acids is 1. The molecule has 2 aromatic carbocycles. The predicted octanol–water partition coefficient (Wildman–Crippen LogP) is 3.82. The number of hydrogen-bond donors (Lipinski definition) is 2. The van der Waals surface area contributed by atoms with Crippen LogP contribution in [0.3, 0.4) is 0 Å². The Bertz CT molecular complexity index is 1160. The molecule has 1 heterocycles. The number of carbonyl (C=O) groups excluding carboxylic acids is 2. The molecule has 0 aliphatic carbocycles. The van der Waals surface area contributed by atoms with Gasteiger partial charge in [-0.3, -0.25) is 19.4 Å². The van der Waals surface area contributed by atoms with Gasteiger partial charge in [0.05, 0.1) is 6.42 Å². The molecule has 34 heavy (non-hydrogen) atoms. The second kappa shape index (κ2) is 12.1. The van der Waals surface area contributed by atoms with Crippen LogP contribution in [0.5, 0.6) is 0 Å². The molecule has 0 saturated heterocycles. The van der Waals surface area contributed by atoms with Crippen molar-refractivity contribution in [1.29, 1.82) is 0 Å². The molecule has 0 aliphatic rings. The highest BCUT2D eigenvalue weighted by atomic mass is 16.4. The highest BCUT2D eigenvalue weighted by molar-refractivity contribution is 6.06. The van der Waals surface area contributed by atoms with Crippen molar-refractivity contribution in [3.63, 3.8) is 0 Å². The number of nitrogens with one attached hydrogen (secondary N) is 1. The average Bonchev–Trinajstić information content (AvgIpc) is 2.87. The number of nitrogens with zero attached hydrogens (tertiary/aromatic N) is 2. The lowest BCUT2D eigenvalue weighted by atomic mass is 9.94. The molecule has 0 fully saturated rings. The van der Waals surface area contributed by atoms with E-state index in [1.807, 2.05) is 24.3 Å². The van der Waals surface area contributed by atoms with E-state index in [-0.39, 0.29) is 24.8 Å². The maximum absolute atomic E-state index is 13.6. The van der Waals surface area contributed by atoms with E-state index >= 15 is 0 Å². The minimum Gasteiger partial charge on any atom is -0.481 e. The van der Waals surface area contributed by atoms with Crippen molar-refractivity contribution in [2.24, 2.45) is 0 Å². The van der Waals surface area contributed by atoms with E-state index in [1.54, 1.807) is 59.8 Å². The van der Waals surface area contributed by atoms with Gasteiger partial charge >= 0.3 is 5.97 Å². The van der Waals surface area contributed by atoms with Gasteiger partial charge in [0.15, 0.2) is 0 Å². The van der Waals surface area contributed by atoms with Gasteiger partial charge in [0.25, 0.3) is 11.8 Å². The summed E-state index contributed by atoms with van der Waals surface area (Å²) in [7, 11) is 0. The second-order valence-electron chi connectivity index (χ2n) is 7.64. The molecule has 0 spiro atoms. The highest BCUT2D eigenvalue weighted by Crippen LogP contribution is 2.28. The Morgan fingerprint density at radius 1 is 0.941 bits per heavy atom. The van der Waals surface area contributed by atoms with Crippen molar-refractivity contribution in [3.8, 4) is 11.1 Å². The van der Waals surface area contributed by atoms with Gasteiger partial charge in [-0.2, -0.15) is 0 Å². The second-order valence-corrected chi connectivity index (χ2v) is 7.64. The van der Waals surface area contributed by atoms with Crippen LogP contribution in [0.25, 0.3) is 11.1 Å². The van der Waals surface area contributed by atoms with Crippen LogP contribution in [-0.2, 0) is 11.2 Å². The van der Waals surface area contributed by atoms with Crippen LogP contribution in [0.1, 0.15) is 32.7 Å². The minimum atomic E-state index is -0.975. The fourth-order valence-electron chi connectivity index (χ4n) is 3.61. The van der Waals surface area contributed by atoms with Gasteiger partial charge in [0.1, 0.15) is 0 Å². The van der Waals surface area contributed by atoms with E-state index in [4.69, 9.17) is 0 Å². The molecule has 1 aromatic heterocycles. The van der Waals surface area contributed by atoms with Crippen molar-refractivity contribution in [2.75, 3.05) is 19.6 Å². The summed E-state index contributed by atoms with van der Waals surface area (Å²) >= 11 is 0. The molecule has 0 unspecified atom stereocenters. The van der Waals surface area contributed by atoms with Gasteiger partial charge in [-0.1, -0.05) is 48.5 Å². The van der Waals surface area contributed by atoms with Crippen molar-refractivity contribution < 1.29 is 19.5 Å². The highest BCUT2D eigenvalue weighted by Gasteiger charge is 2.22.